The Bertz CT molecular complexity index is 507. The largest absolute Gasteiger partial charge is 0.481 e. The SMILES string of the molecule is O=C(O)CCc1ncc2ccc(Br)cn12. The lowest BCUT2D eigenvalue weighted by Crippen LogP contribution is -2.01. The Morgan fingerprint density at radius 1 is 1.53 bits per heavy atom. The summed E-state index contributed by atoms with van der Waals surface area (Å²) < 4.78 is 2.84. The number of fused-ring (bicyclic) bond motifs is 1. The Morgan fingerprint density at radius 3 is 3.07 bits per heavy atom. The third kappa shape index (κ3) is 2.18. The monoisotopic (exact) mass is 268 g/mol. The quantitative estimate of drug-likeness (QED) is 0.928. The number of aromatic nitrogens is 2. The molecule has 0 radical (unpaired) electrons. The average Bonchev–Trinajstić information content (AvgIpc) is 2.57. The van der Waals surface area contributed by atoms with E-state index < -0.39 is 5.97 Å². The topological polar surface area (TPSA) is 54.6 Å². The molecule has 5 heteroatoms. The molecule has 78 valence electrons. The van der Waals surface area contributed by atoms with E-state index in [9.17, 15) is 4.79 Å². The second-order valence-electron chi connectivity index (χ2n) is 3.21. The summed E-state index contributed by atoms with van der Waals surface area (Å²) in [5.74, 6) is -0.0320. The minimum Gasteiger partial charge on any atom is -0.481 e. The number of hydrogen-bond donors (Lipinski definition) is 1. The number of rotatable bonds is 3. The smallest absolute Gasteiger partial charge is 0.303 e. The first-order valence-electron chi connectivity index (χ1n) is 4.50. The van der Waals surface area contributed by atoms with Gasteiger partial charge in [-0.3, -0.25) is 4.79 Å². The van der Waals surface area contributed by atoms with Gasteiger partial charge in [-0.2, -0.15) is 0 Å². The molecule has 0 fully saturated rings. The maximum Gasteiger partial charge on any atom is 0.303 e. The summed E-state index contributed by atoms with van der Waals surface area (Å²) in [6.45, 7) is 0. The van der Waals surface area contributed by atoms with E-state index in [1.165, 1.54) is 0 Å². The summed E-state index contributed by atoms with van der Waals surface area (Å²) in [6.07, 6.45) is 4.18. The predicted molar refractivity (Wildman–Crippen MR) is 58.8 cm³/mol. The number of carboxylic acid groups (broad SMARTS) is 1. The number of aliphatic carboxylic acids is 1. The molecule has 1 N–H and O–H groups in total. The van der Waals surface area contributed by atoms with Gasteiger partial charge in [0.25, 0.3) is 0 Å². The van der Waals surface area contributed by atoms with Gasteiger partial charge in [-0.15, -0.1) is 0 Å². The summed E-state index contributed by atoms with van der Waals surface area (Å²) in [5, 5.41) is 8.59. The molecule has 0 amide bonds. The van der Waals surface area contributed by atoms with Crippen molar-refractivity contribution in [3.63, 3.8) is 0 Å². The zero-order valence-electron chi connectivity index (χ0n) is 7.85. The molecule has 2 aromatic rings. The molecule has 0 bridgehead atoms. The maximum atomic E-state index is 10.5. The Morgan fingerprint density at radius 2 is 2.33 bits per heavy atom. The van der Waals surface area contributed by atoms with Crippen molar-refractivity contribution in [1.29, 1.82) is 0 Å². The molecule has 4 nitrogen and oxygen atoms in total. The zero-order valence-corrected chi connectivity index (χ0v) is 9.44. The van der Waals surface area contributed by atoms with Crippen LogP contribution in [0.2, 0.25) is 0 Å². The third-order valence-electron chi connectivity index (χ3n) is 2.13. The van der Waals surface area contributed by atoms with E-state index in [4.69, 9.17) is 5.11 Å². The molecule has 2 heterocycles. The van der Waals surface area contributed by atoms with Crippen molar-refractivity contribution >= 4 is 27.4 Å². The molecule has 0 unspecified atom stereocenters. The Balaban J connectivity index is 2.35. The number of imidazole rings is 1. The summed E-state index contributed by atoms with van der Waals surface area (Å²) in [7, 11) is 0. The van der Waals surface area contributed by atoms with Gasteiger partial charge in [0, 0.05) is 17.1 Å². The van der Waals surface area contributed by atoms with Gasteiger partial charge in [-0.25, -0.2) is 4.98 Å². The van der Waals surface area contributed by atoms with Crippen LogP contribution in [-0.4, -0.2) is 20.5 Å². The molecule has 0 aromatic carbocycles. The molecule has 2 aromatic heterocycles. The molecular weight excluding hydrogens is 260 g/mol. The highest BCUT2D eigenvalue weighted by Gasteiger charge is 2.05. The minimum absolute atomic E-state index is 0.103. The fraction of sp³-hybridized carbons (Fsp3) is 0.200. The van der Waals surface area contributed by atoms with Crippen molar-refractivity contribution in [3.05, 3.63) is 34.8 Å². The summed E-state index contributed by atoms with van der Waals surface area (Å²) in [4.78, 5) is 14.6. The van der Waals surface area contributed by atoms with Crippen LogP contribution in [-0.2, 0) is 11.2 Å². The minimum atomic E-state index is -0.804. The van der Waals surface area contributed by atoms with Crippen molar-refractivity contribution < 1.29 is 9.90 Å². The van der Waals surface area contributed by atoms with E-state index >= 15 is 0 Å². The van der Waals surface area contributed by atoms with Crippen molar-refractivity contribution in [2.75, 3.05) is 0 Å². The highest BCUT2D eigenvalue weighted by atomic mass is 79.9. The number of carbonyl (C=O) groups is 1. The van der Waals surface area contributed by atoms with E-state index in [2.05, 4.69) is 20.9 Å². The normalized spacial score (nSPS) is 10.7. The lowest BCUT2D eigenvalue weighted by molar-refractivity contribution is -0.137. The predicted octanol–water partition coefficient (Wildman–Crippen LogP) is 2.11. The van der Waals surface area contributed by atoms with E-state index in [0.717, 1.165) is 15.8 Å². The zero-order chi connectivity index (χ0) is 10.8. The maximum absolute atomic E-state index is 10.5. The molecule has 15 heavy (non-hydrogen) atoms. The van der Waals surface area contributed by atoms with Gasteiger partial charge >= 0.3 is 5.97 Å². The molecule has 0 saturated heterocycles. The molecule has 0 spiro atoms. The highest BCUT2D eigenvalue weighted by molar-refractivity contribution is 9.10. The Hall–Kier alpha value is -1.36. The van der Waals surface area contributed by atoms with Crippen molar-refractivity contribution in [2.24, 2.45) is 0 Å². The first kappa shape index (κ1) is 10.2. The highest BCUT2D eigenvalue weighted by Crippen LogP contribution is 2.14. The Labute approximate surface area is 94.7 Å². The van der Waals surface area contributed by atoms with Gasteiger partial charge in [-0.1, -0.05) is 0 Å². The second-order valence-corrected chi connectivity index (χ2v) is 4.13. The first-order chi connectivity index (χ1) is 7.16. The van der Waals surface area contributed by atoms with Crippen LogP contribution in [0.5, 0.6) is 0 Å². The number of halogens is 1. The van der Waals surface area contributed by atoms with E-state index in [1.807, 2.05) is 22.7 Å². The fourth-order valence-corrected chi connectivity index (χ4v) is 1.76. The summed E-state index contributed by atoms with van der Waals surface area (Å²) in [5.41, 5.74) is 0.971. The van der Waals surface area contributed by atoms with Crippen LogP contribution in [0, 0.1) is 0 Å². The van der Waals surface area contributed by atoms with E-state index in [0.29, 0.717) is 6.42 Å². The van der Waals surface area contributed by atoms with Gasteiger partial charge < -0.3 is 9.51 Å². The van der Waals surface area contributed by atoms with Crippen LogP contribution in [0.3, 0.4) is 0 Å². The number of hydrogen-bond acceptors (Lipinski definition) is 2. The number of pyridine rings is 1. The van der Waals surface area contributed by atoms with Crippen molar-refractivity contribution in [2.45, 2.75) is 12.8 Å². The van der Waals surface area contributed by atoms with Crippen LogP contribution >= 0.6 is 15.9 Å². The van der Waals surface area contributed by atoms with Crippen LogP contribution < -0.4 is 0 Å². The van der Waals surface area contributed by atoms with Gasteiger partial charge in [0.2, 0.25) is 0 Å². The molecule has 2 rings (SSSR count). The molecular formula is C10H9BrN2O2. The van der Waals surface area contributed by atoms with Crippen molar-refractivity contribution in [3.8, 4) is 0 Å². The van der Waals surface area contributed by atoms with Crippen LogP contribution in [0.4, 0.5) is 0 Å². The van der Waals surface area contributed by atoms with Gasteiger partial charge in [-0.05, 0) is 28.1 Å². The molecule has 0 aliphatic heterocycles. The first-order valence-corrected chi connectivity index (χ1v) is 5.29. The number of carboxylic acids is 1. The van der Waals surface area contributed by atoms with Crippen LogP contribution in [0.25, 0.3) is 5.52 Å². The second kappa shape index (κ2) is 4.02. The van der Waals surface area contributed by atoms with Crippen LogP contribution in [0.1, 0.15) is 12.2 Å². The van der Waals surface area contributed by atoms with E-state index in [1.54, 1.807) is 6.20 Å². The molecule has 0 aliphatic carbocycles. The van der Waals surface area contributed by atoms with Gasteiger partial charge in [0.1, 0.15) is 5.82 Å². The Kier molecular flexibility index (Phi) is 2.73. The third-order valence-corrected chi connectivity index (χ3v) is 2.60. The summed E-state index contributed by atoms with van der Waals surface area (Å²) >= 11 is 3.37. The van der Waals surface area contributed by atoms with Gasteiger partial charge in [0.05, 0.1) is 18.1 Å². The molecule has 0 saturated carbocycles. The number of aryl methyl sites for hydroxylation is 1. The molecule has 0 atom stereocenters. The fourth-order valence-electron chi connectivity index (χ4n) is 1.42. The number of nitrogens with zero attached hydrogens (tertiary/aromatic N) is 2. The standard InChI is InChI=1S/C10H9BrN2O2/c11-7-1-2-8-5-12-9(13(8)6-7)3-4-10(14)15/h1-2,5-6H,3-4H2,(H,14,15). The van der Waals surface area contributed by atoms with Crippen molar-refractivity contribution in [1.82, 2.24) is 9.38 Å². The van der Waals surface area contributed by atoms with E-state index in [-0.39, 0.29) is 6.42 Å². The lowest BCUT2D eigenvalue weighted by atomic mass is 10.3. The van der Waals surface area contributed by atoms with Crippen LogP contribution in [0.15, 0.2) is 29.0 Å². The summed E-state index contributed by atoms with van der Waals surface area (Å²) in [6, 6.07) is 3.86. The molecule has 0 aliphatic rings. The van der Waals surface area contributed by atoms with Gasteiger partial charge in [0.15, 0.2) is 0 Å². The average molecular weight is 269 g/mol. The lowest BCUT2D eigenvalue weighted by Gasteiger charge is -1.99.